The molecule has 0 aliphatic heterocycles. The van der Waals surface area contributed by atoms with Crippen molar-refractivity contribution in [1.82, 2.24) is 0 Å². The molecule has 3 aromatic rings. The minimum absolute atomic E-state index is 0.0621. The fourth-order valence-corrected chi connectivity index (χ4v) is 8.63. The second-order valence-corrected chi connectivity index (χ2v) is 17.6. The average molecular weight is 897 g/mol. The molecule has 2 aliphatic carbocycles. The monoisotopic (exact) mass is 896 g/mol. The molecule has 0 spiro atoms. The highest BCUT2D eigenvalue weighted by molar-refractivity contribution is 8.11. The molecule has 0 amide bonds. The van der Waals surface area contributed by atoms with Gasteiger partial charge in [-0.15, -0.1) is 3.71 Å². The van der Waals surface area contributed by atoms with Crippen LogP contribution >= 0.6 is 0 Å². The second kappa shape index (κ2) is 21.1. The van der Waals surface area contributed by atoms with Crippen molar-refractivity contribution in [2.24, 2.45) is 0 Å². The van der Waals surface area contributed by atoms with Crippen LogP contribution in [0.25, 0.3) is 5.57 Å². The molecule has 0 aromatic heterocycles. The molecule has 61 heavy (non-hydrogen) atoms. The van der Waals surface area contributed by atoms with Gasteiger partial charge in [0, 0.05) is 17.4 Å². The summed E-state index contributed by atoms with van der Waals surface area (Å²) in [6.45, 7) is 20.8. The average Bonchev–Trinajstić information content (AvgIpc) is 3.52. The van der Waals surface area contributed by atoms with Crippen molar-refractivity contribution in [2.75, 3.05) is 16.9 Å². The first-order valence-electron chi connectivity index (χ1n) is 17.7. The summed E-state index contributed by atoms with van der Waals surface area (Å²) in [5.41, 5.74) is -7.38. The van der Waals surface area contributed by atoms with Crippen molar-refractivity contribution < 1.29 is 67.0 Å². The van der Waals surface area contributed by atoms with Gasteiger partial charge in [-0.1, -0.05) is 64.1 Å². The molecule has 0 radical (unpaired) electrons. The Kier molecular flexibility index (Phi) is 18.4. The van der Waals surface area contributed by atoms with E-state index in [2.05, 4.69) is 47.1 Å². The van der Waals surface area contributed by atoms with Crippen LogP contribution in [-0.2, 0) is 40.4 Å². The molecule has 0 heterocycles. The van der Waals surface area contributed by atoms with Gasteiger partial charge in [0.05, 0.1) is 30.0 Å². The van der Waals surface area contributed by atoms with E-state index >= 15 is 0 Å². The summed E-state index contributed by atoms with van der Waals surface area (Å²) in [5, 5.41) is 0. The van der Waals surface area contributed by atoms with Crippen molar-refractivity contribution in [1.29, 1.82) is 0 Å². The number of nitrogens with zero attached hydrogens (tertiary/aromatic N) is 1. The first-order valence-corrected chi connectivity index (χ1v) is 20.6. The van der Waals surface area contributed by atoms with Gasteiger partial charge in [-0.05, 0) is 84.8 Å². The molecule has 10 nitrogen and oxygen atoms in total. The minimum atomic E-state index is -6.81. The van der Waals surface area contributed by atoms with E-state index in [0.717, 1.165) is 23.8 Å². The Bertz CT molecular complexity index is 2310. The number of fused-ring (bicyclic) bond motifs is 2. The van der Waals surface area contributed by atoms with Crippen LogP contribution in [0, 0.1) is 38.5 Å². The molecule has 18 heteroatoms. The van der Waals surface area contributed by atoms with Gasteiger partial charge in [-0.25, -0.2) is 9.59 Å². The number of rotatable bonds is 7. The summed E-state index contributed by atoms with van der Waals surface area (Å²) >= 11 is 0. The van der Waals surface area contributed by atoms with Crippen LogP contribution in [0.2, 0.25) is 0 Å². The smallest absolute Gasteiger partial charge is 0.517 e. The van der Waals surface area contributed by atoms with E-state index in [-0.39, 0.29) is 28.6 Å². The number of ether oxygens (including phenoxy) is 2. The topological polar surface area (TPSA) is 141 Å². The van der Waals surface area contributed by atoms with E-state index in [0.29, 0.717) is 48.5 Å². The molecule has 2 aliphatic rings. The van der Waals surface area contributed by atoms with Crippen molar-refractivity contribution >= 4 is 49.0 Å². The number of Topliss-reactive ketones (excluding diaryl/α,β-unsaturated/α-hetero) is 1. The van der Waals surface area contributed by atoms with Crippen LogP contribution in [0.3, 0.4) is 0 Å². The van der Waals surface area contributed by atoms with Gasteiger partial charge in [0.1, 0.15) is 0 Å². The van der Waals surface area contributed by atoms with Crippen LogP contribution in [0.1, 0.15) is 103 Å². The molecule has 0 unspecified atom stereocenters. The third-order valence-electron chi connectivity index (χ3n) is 8.38. The standard InChI is InChI=1S/C15H18O2.C14H16O3.C8H5F6NO4S2.C3H3.C3H2/c1-5-17-14(16)11-6-7-13-12(8-11)10(2)9-15(13,3)4;1-4-17-13(16)9-5-6-11-10(7-9)12(15)8-14(11,2)3;9-7(10,11)20(16,17)15(6-4-2-1-3-5-6)21(18,19)8(12,13)14;2*1-3-2/h6-9H,5H2,1-4H3;5-7H,4,8H2,1-3H3;1-5H;1H,2H2;1H2/q;;;-1;-2. The van der Waals surface area contributed by atoms with Crippen molar-refractivity contribution in [3.8, 4) is 18.3 Å². The zero-order chi connectivity index (χ0) is 47.4. The maximum absolute atomic E-state index is 12.4. The third-order valence-corrected chi connectivity index (χ3v) is 12.0. The molecule has 332 valence electrons. The first-order chi connectivity index (χ1) is 28.0. The van der Waals surface area contributed by atoms with Crippen molar-refractivity contribution in [2.45, 2.75) is 76.7 Å². The van der Waals surface area contributed by atoms with Gasteiger partial charge in [-0.2, -0.15) is 50.1 Å². The summed E-state index contributed by atoms with van der Waals surface area (Å²) in [6, 6.07) is 14.9. The number of carbonyl (C=O) groups is 3. The van der Waals surface area contributed by atoms with E-state index in [1.165, 1.54) is 16.7 Å². The Hall–Kier alpha value is -5.85. The Labute approximate surface area is 353 Å². The van der Waals surface area contributed by atoms with Crippen LogP contribution < -0.4 is 3.71 Å². The number of carbonyl (C=O) groups excluding carboxylic acids is 3. The van der Waals surface area contributed by atoms with Crippen LogP contribution in [0.15, 0.2) is 72.8 Å². The number of benzene rings is 3. The van der Waals surface area contributed by atoms with Crippen LogP contribution in [0.5, 0.6) is 0 Å². The predicted molar refractivity (Wildman–Crippen MR) is 219 cm³/mol. The lowest BCUT2D eigenvalue weighted by atomic mass is 9.86. The number of allylic oxidation sites excluding steroid dienone is 2. The van der Waals surface area contributed by atoms with Crippen molar-refractivity contribution in [3.63, 3.8) is 0 Å². The van der Waals surface area contributed by atoms with E-state index in [9.17, 15) is 57.6 Å². The van der Waals surface area contributed by atoms with E-state index < -0.39 is 40.5 Å². The molecule has 0 fully saturated rings. The lowest BCUT2D eigenvalue weighted by Crippen LogP contribution is -2.49. The number of para-hydroxylation sites is 1. The van der Waals surface area contributed by atoms with Gasteiger partial charge in [0.2, 0.25) is 0 Å². The predicted octanol–water partition coefficient (Wildman–Crippen LogP) is 9.34. The van der Waals surface area contributed by atoms with Gasteiger partial charge < -0.3 is 41.1 Å². The number of sulfonamides is 2. The highest BCUT2D eigenvalue weighted by Gasteiger charge is 2.61. The summed E-state index contributed by atoms with van der Waals surface area (Å²) < 4.78 is 127. The molecule has 0 atom stereocenters. The van der Waals surface area contributed by atoms with Gasteiger partial charge in [-0.3, -0.25) is 4.79 Å². The number of esters is 2. The van der Waals surface area contributed by atoms with Gasteiger partial charge in [0.25, 0.3) is 0 Å². The molecule has 0 bridgehead atoms. The van der Waals surface area contributed by atoms with Crippen LogP contribution in [-0.4, -0.2) is 58.8 Å². The Morgan fingerprint density at radius 3 is 1.57 bits per heavy atom. The second-order valence-electron chi connectivity index (χ2n) is 13.8. The van der Waals surface area contributed by atoms with Crippen LogP contribution in [0.4, 0.5) is 32.0 Å². The van der Waals surface area contributed by atoms with Crippen molar-refractivity contribution in [3.05, 3.63) is 126 Å². The first kappa shape index (κ1) is 53.2. The molecular formula is C43H44F6NO9S2-3. The summed E-state index contributed by atoms with van der Waals surface area (Å²) in [5.74, 6) is 3.25. The molecule has 3 aromatic carbocycles. The Balaban J connectivity index is 0.000000431. The summed E-state index contributed by atoms with van der Waals surface area (Å²) in [6.07, 6.45) is 13.1. The normalized spacial score (nSPS) is 14.3. The maximum atomic E-state index is 12.4. The highest BCUT2D eigenvalue weighted by Crippen LogP contribution is 2.41. The lowest BCUT2D eigenvalue weighted by Gasteiger charge is -2.25. The van der Waals surface area contributed by atoms with E-state index in [1.807, 2.05) is 51.0 Å². The summed E-state index contributed by atoms with van der Waals surface area (Å²) in [4.78, 5) is 35.1. The number of anilines is 1. The van der Waals surface area contributed by atoms with E-state index in [1.54, 1.807) is 25.0 Å². The number of hydrogen-bond donors (Lipinski definition) is 0. The Morgan fingerprint density at radius 2 is 1.18 bits per heavy atom. The van der Waals surface area contributed by atoms with E-state index in [4.69, 9.17) is 15.9 Å². The minimum Gasteiger partial charge on any atom is -0.729 e. The Morgan fingerprint density at radius 1 is 0.787 bits per heavy atom. The molecular weight excluding hydrogens is 853 g/mol. The zero-order valence-electron chi connectivity index (χ0n) is 34.2. The SMILES string of the molecule is C#C[CH2-].CCOC(=O)c1ccc2c(c1)C(=O)CC2(C)C.CCOC(=O)c1ccc2c(c1)C(C)=CC2(C)C.O=S(=O)(N(c1ccccc1)S(=O)(=O)C(F)(F)F)C(F)(F)F.[C-]#C[CH2-]. The number of hydrogen-bond acceptors (Lipinski definition) is 9. The quantitative estimate of drug-likeness (QED) is 0.0982. The fraction of sp³-hybridized carbons (Fsp3) is 0.326. The number of halogens is 6. The lowest BCUT2D eigenvalue weighted by molar-refractivity contribution is -0.0462. The maximum Gasteiger partial charge on any atom is 0.517 e. The molecule has 0 N–H and O–H groups in total. The highest BCUT2D eigenvalue weighted by atomic mass is 32.3. The number of ketones is 1. The molecule has 0 saturated carbocycles. The zero-order valence-corrected chi connectivity index (χ0v) is 35.9. The van der Waals surface area contributed by atoms with Gasteiger partial charge in [0.15, 0.2) is 5.78 Å². The summed E-state index contributed by atoms with van der Waals surface area (Å²) in [7, 11) is -13.6. The number of terminal acetylenes is 1. The third kappa shape index (κ3) is 13.1. The largest absolute Gasteiger partial charge is 0.729 e. The van der Waals surface area contributed by atoms with Gasteiger partial charge >= 0.3 is 43.0 Å². The molecule has 5 rings (SSSR count). The molecule has 0 saturated heterocycles. The fourth-order valence-electron chi connectivity index (χ4n) is 5.91. The number of alkyl halides is 6.